The lowest BCUT2D eigenvalue weighted by molar-refractivity contribution is 0.0147. The van der Waals surface area contributed by atoms with Gasteiger partial charge in [-0.3, -0.25) is 4.90 Å². The van der Waals surface area contributed by atoms with Gasteiger partial charge >= 0.3 is 6.09 Å². The SMILES string of the molecule is Cc1nn(C2CCCN2C(=O)OC(C)(C)C)c(C)c1Br. The summed E-state index contributed by atoms with van der Waals surface area (Å²) in [6.45, 7) is 10.3. The number of aromatic nitrogens is 2. The molecule has 20 heavy (non-hydrogen) atoms. The minimum Gasteiger partial charge on any atom is -0.444 e. The van der Waals surface area contributed by atoms with Crippen molar-refractivity contribution in [1.29, 1.82) is 0 Å². The highest BCUT2D eigenvalue weighted by Gasteiger charge is 2.34. The Hall–Kier alpha value is -1.04. The molecule has 1 atom stereocenters. The summed E-state index contributed by atoms with van der Waals surface area (Å²) in [4.78, 5) is 14.1. The van der Waals surface area contributed by atoms with Crippen LogP contribution in [0.25, 0.3) is 0 Å². The first-order chi connectivity index (χ1) is 9.20. The second kappa shape index (κ2) is 5.39. The monoisotopic (exact) mass is 343 g/mol. The zero-order chi connectivity index (χ0) is 15.1. The lowest BCUT2D eigenvalue weighted by Gasteiger charge is -2.29. The van der Waals surface area contributed by atoms with Gasteiger partial charge in [-0.05, 0) is 63.4 Å². The molecule has 0 N–H and O–H groups in total. The Morgan fingerprint density at radius 2 is 2.05 bits per heavy atom. The smallest absolute Gasteiger partial charge is 0.411 e. The van der Waals surface area contributed by atoms with Crippen LogP contribution in [0.5, 0.6) is 0 Å². The number of aryl methyl sites for hydroxylation is 1. The molecule has 0 saturated carbocycles. The van der Waals surface area contributed by atoms with Crippen LogP contribution in [0.1, 0.15) is 51.2 Å². The van der Waals surface area contributed by atoms with Crippen molar-refractivity contribution in [3.8, 4) is 0 Å². The third kappa shape index (κ3) is 3.00. The maximum Gasteiger partial charge on any atom is 0.411 e. The average Bonchev–Trinajstić information content (AvgIpc) is 2.88. The van der Waals surface area contributed by atoms with E-state index in [9.17, 15) is 4.79 Å². The van der Waals surface area contributed by atoms with Crippen LogP contribution in [0.3, 0.4) is 0 Å². The van der Waals surface area contributed by atoms with Crippen LogP contribution in [0.2, 0.25) is 0 Å². The predicted octanol–water partition coefficient (Wildman–Crippen LogP) is 3.79. The molecule has 1 aromatic rings. The quantitative estimate of drug-likeness (QED) is 0.779. The lowest BCUT2D eigenvalue weighted by Crippen LogP contribution is -2.38. The van der Waals surface area contributed by atoms with Gasteiger partial charge in [0.15, 0.2) is 0 Å². The van der Waals surface area contributed by atoms with Crippen LogP contribution < -0.4 is 0 Å². The minimum absolute atomic E-state index is 0.0464. The van der Waals surface area contributed by atoms with E-state index in [1.807, 2.05) is 39.3 Å². The van der Waals surface area contributed by atoms with E-state index in [0.717, 1.165) is 35.2 Å². The zero-order valence-electron chi connectivity index (χ0n) is 12.7. The van der Waals surface area contributed by atoms with Gasteiger partial charge in [-0.2, -0.15) is 5.10 Å². The van der Waals surface area contributed by atoms with E-state index in [1.54, 1.807) is 4.90 Å². The van der Waals surface area contributed by atoms with Crippen molar-refractivity contribution in [2.75, 3.05) is 6.54 Å². The van der Waals surface area contributed by atoms with E-state index in [1.165, 1.54) is 0 Å². The van der Waals surface area contributed by atoms with Crippen LogP contribution >= 0.6 is 15.9 Å². The Morgan fingerprint density at radius 3 is 2.55 bits per heavy atom. The fraction of sp³-hybridized carbons (Fsp3) is 0.714. The molecule has 1 saturated heterocycles. The molecule has 112 valence electrons. The van der Waals surface area contributed by atoms with Crippen LogP contribution in [-0.2, 0) is 4.74 Å². The van der Waals surface area contributed by atoms with Crippen LogP contribution in [-0.4, -0.2) is 32.9 Å². The van der Waals surface area contributed by atoms with Gasteiger partial charge in [-0.25, -0.2) is 9.48 Å². The topological polar surface area (TPSA) is 47.4 Å². The summed E-state index contributed by atoms with van der Waals surface area (Å²) in [6, 6.07) is 0. The lowest BCUT2D eigenvalue weighted by atomic mass is 10.2. The summed E-state index contributed by atoms with van der Waals surface area (Å²) in [5.74, 6) is 0. The van der Waals surface area contributed by atoms with Crippen molar-refractivity contribution in [1.82, 2.24) is 14.7 Å². The largest absolute Gasteiger partial charge is 0.444 e. The normalized spacial score (nSPS) is 19.5. The van der Waals surface area contributed by atoms with Crippen molar-refractivity contribution in [2.24, 2.45) is 0 Å². The summed E-state index contributed by atoms with van der Waals surface area (Å²) in [5.41, 5.74) is 1.52. The van der Waals surface area contributed by atoms with E-state index in [4.69, 9.17) is 4.74 Å². The first-order valence-electron chi connectivity index (χ1n) is 6.91. The Balaban J connectivity index is 2.23. The molecular weight excluding hydrogens is 322 g/mol. The molecule has 1 unspecified atom stereocenters. The van der Waals surface area contributed by atoms with Gasteiger partial charge < -0.3 is 4.74 Å². The van der Waals surface area contributed by atoms with Gasteiger partial charge in [0.05, 0.1) is 15.9 Å². The molecule has 2 heterocycles. The van der Waals surface area contributed by atoms with Crippen LogP contribution in [0.4, 0.5) is 4.79 Å². The molecule has 0 aliphatic carbocycles. The maximum absolute atomic E-state index is 12.3. The molecule has 0 spiro atoms. The summed E-state index contributed by atoms with van der Waals surface area (Å²) >= 11 is 3.53. The highest BCUT2D eigenvalue weighted by Crippen LogP contribution is 2.32. The minimum atomic E-state index is -0.472. The molecule has 5 nitrogen and oxygen atoms in total. The van der Waals surface area contributed by atoms with Gasteiger partial charge in [0.2, 0.25) is 0 Å². The van der Waals surface area contributed by atoms with E-state index >= 15 is 0 Å². The highest BCUT2D eigenvalue weighted by atomic mass is 79.9. The molecule has 1 aromatic heterocycles. The summed E-state index contributed by atoms with van der Waals surface area (Å²) < 4.78 is 8.42. The number of carbonyl (C=O) groups is 1. The molecular formula is C14H22BrN3O2. The molecule has 1 fully saturated rings. The fourth-order valence-electron chi connectivity index (χ4n) is 2.47. The molecule has 1 aliphatic rings. The van der Waals surface area contributed by atoms with Crippen molar-refractivity contribution >= 4 is 22.0 Å². The maximum atomic E-state index is 12.3. The molecule has 0 bridgehead atoms. The fourth-order valence-corrected chi connectivity index (χ4v) is 2.73. The summed E-state index contributed by atoms with van der Waals surface area (Å²) in [5, 5.41) is 4.54. The van der Waals surface area contributed by atoms with E-state index in [-0.39, 0.29) is 12.3 Å². The number of hydrogen-bond acceptors (Lipinski definition) is 3. The molecule has 0 radical (unpaired) electrons. The van der Waals surface area contributed by atoms with E-state index < -0.39 is 5.60 Å². The Labute approximate surface area is 128 Å². The number of likely N-dealkylation sites (tertiary alicyclic amines) is 1. The van der Waals surface area contributed by atoms with Gasteiger partial charge in [-0.1, -0.05) is 0 Å². The Morgan fingerprint density at radius 1 is 1.40 bits per heavy atom. The van der Waals surface area contributed by atoms with Gasteiger partial charge in [0.25, 0.3) is 0 Å². The third-order valence-electron chi connectivity index (χ3n) is 3.37. The number of ether oxygens (including phenoxy) is 1. The predicted molar refractivity (Wildman–Crippen MR) is 80.6 cm³/mol. The number of nitrogens with zero attached hydrogens (tertiary/aromatic N) is 3. The van der Waals surface area contributed by atoms with Gasteiger partial charge in [-0.15, -0.1) is 0 Å². The van der Waals surface area contributed by atoms with Crippen molar-refractivity contribution in [2.45, 2.75) is 59.2 Å². The second-order valence-corrected chi connectivity index (χ2v) is 7.02. The molecule has 6 heteroatoms. The van der Waals surface area contributed by atoms with Crippen LogP contribution in [0, 0.1) is 13.8 Å². The molecule has 0 aromatic carbocycles. The zero-order valence-corrected chi connectivity index (χ0v) is 14.3. The Kier molecular flexibility index (Phi) is 4.14. The highest BCUT2D eigenvalue weighted by molar-refractivity contribution is 9.10. The second-order valence-electron chi connectivity index (χ2n) is 6.23. The standard InChI is InChI=1S/C14H22BrN3O2/c1-9-12(15)10(2)18(16-9)11-7-6-8-17(11)13(19)20-14(3,4)5/h11H,6-8H2,1-5H3. The van der Waals surface area contributed by atoms with Gasteiger partial charge in [0, 0.05) is 6.54 Å². The molecule has 2 rings (SSSR count). The van der Waals surface area contributed by atoms with Crippen molar-refractivity contribution < 1.29 is 9.53 Å². The van der Waals surface area contributed by atoms with Crippen molar-refractivity contribution in [3.05, 3.63) is 15.9 Å². The average molecular weight is 344 g/mol. The number of carbonyl (C=O) groups excluding carboxylic acids is 1. The van der Waals surface area contributed by atoms with E-state index in [2.05, 4.69) is 21.0 Å². The number of amides is 1. The van der Waals surface area contributed by atoms with E-state index in [0.29, 0.717) is 0 Å². The molecule has 1 amide bonds. The Bertz CT molecular complexity index is 519. The first-order valence-corrected chi connectivity index (χ1v) is 7.71. The van der Waals surface area contributed by atoms with Gasteiger partial charge in [0.1, 0.15) is 11.8 Å². The third-order valence-corrected chi connectivity index (χ3v) is 4.52. The summed E-state index contributed by atoms with van der Waals surface area (Å²) in [7, 11) is 0. The summed E-state index contributed by atoms with van der Waals surface area (Å²) in [6.07, 6.45) is 1.58. The van der Waals surface area contributed by atoms with Crippen molar-refractivity contribution in [3.63, 3.8) is 0 Å². The molecule has 1 aliphatic heterocycles. The number of halogens is 1. The first kappa shape index (κ1) is 15.4. The number of rotatable bonds is 1. The van der Waals surface area contributed by atoms with Crippen LogP contribution in [0.15, 0.2) is 4.47 Å². The number of hydrogen-bond donors (Lipinski definition) is 0.